The SMILES string of the molecule is CC[C@@H](C(=O)NC(C)C)N(Cc1ccc(OC)cc1)C(=O)CCc1ccc(C)cc1. The molecule has 5 heteroatoms. The molecule has 0 fully saturated rings. The first-order valence-electron chi connectivity index (χ1n) is 10.6. The van der Waals surface area contributed by atoms with Crippen LogP contribution in [0, 0.1) is 6.92 Å². The maximum atomic E-state index is 13.2. The molecular formula is C25H34N2O3. The van der Waals surface area contributed by atoms with E-state index in [2.05, 4.69) is 29.6 Å². The number of nitrogens with one attached hydrogen (secondary N) is 1. The Kier molecular flexibility index (Phi) is 8.90. The molecule has 0 aliphatic rings. The van der Waals surface area contributed by atoms with Crippen LogP contribution in [0.5, 0.6) is 5.75 Å². The summed E-state index contributed by atoms with van der Waals surface area (Å²) in [4.78, 5) is 27.7. The van der Waals surface area contributed by atoms with Crippen LogP contribution < -0.4 is 10.1 Å². The lowest BCUT2D eigenvalue weighted by molar-refractivity contribution is -0.141. The molecular weight excluding hydrogens is 376 g/mol. The summed E-state index contributed by atoms with van der Waals surface area (Å²) in [5, 5.41) is 2.96. The predicted molar refractivity (Wildman–Crippen MR) is 120 cm³/mol. The predicted octanol–water partition coefficient (Wildman–Crippen LogP) is 4.27. The standard InChI is InChI=1S/C25H34N2O3/c1-6-23(25(29)26-18(2)3)27(17-21-11-14-22(30-5)15-12-21)24(28)16-13-20-9-7-19(4)8-10-20/h7-12,14-15,18,23H,6,13,16-17H2,1-5H3,(H,26,29)/t23-/m0/s1. The Morgan fingerprint density at radius 2 is 1.60 bits per heavy atom. The van der Waals surface area contributed by atoms with Crippen molar-refractivity contribution in [1.29, 1.82) is 0 Å². The van der Waals surface area contributed by atoms with Crippen molar-refractivity contribution in [3.05, 3.63) is 65.2 Å². The number of ether oxygens (including phenoxy) is 1. The van der Waals surface area contributed by atoms with Crippen molar-refractivity contribution in [2.24, 2.45) is 0 Å². The van der Waals surface area contributed by atoms with Crippen molar-refractivity contribution in [3.8, 4) is 5.75 Å². The Bertz CT molecular complexity index is 813. The van der Waals surface area contributed by atoms with Gasteiger partial charge in [-0.1, -0.05) is 48.9 Å². The van der Waals surface area contributed by atoms with E-state index in [1.807, 2.05) is 52.0 Å². The van der Waals surface area contributed by atoms with E-state index in [0.717, 1.165) is 16.9 Å². The van der Waals surface area contributed by atoms with Crippen molar-refractivity contribution in [2.45, 2.75) is 65.6 Å². The number of nitrogens with zero attached hydrogens (tertiary/aromatic N) is 1. The average molecular weight is 411 g/mol. The molecule has 0 saturated carbocycles. The molecule has 2 amide bonds. The zero-order valence-corrected chi connectivity index (χ0v) is 18.8. The van der Waals surface area contributed by atoms with Gasteiger partial charge in [-0.3, -0.25) is 9.59 Å². The Morgan fingerprint density at radius 1 is 1.00 bits per heavy atom. The summed E-state index contributed by atoms with van der Waals surface area (Å²) in [7, 11) is 1.62. The van der Waals surface area contributed by atoms with Gasteiger partial charge in [-0.15, -0.1) is 0 Å². The number of aryl methyl sites for hydroxylation is 2. The summed E-state index contributed by atoms with van der Waals surface area (Å²) in [6.07, 6.45) is 1.58. The van der Waals surface area contributed by atoms with Gasteiger partial charge in [0.05, 0.1) is 7.11 Å². The molecule has 0 radical (unpaired) electrons. The minimum Gasteiger partial charge on any atom is -0.497 e. The van der Waals surface area contributed by atoms with Crippen LogP contribution in [0.25, 0.3) is 0 Å². The van der Waals surface area contributed by atoms with Gasteiger partial charge in [0.1, 0.15) is 11.8 Å². The van der Waals surface area contributed by atoms with Gasteiger partial charge in [0, 0.05) is 19.0 Å². The van der Waals surface area contributed by atoms with E-state index in [1.54, 1.807) is 12.0 Å². The molecule has 0 bridgehead atoms. The van der Waals surface area contributed by atoms with Crippen molar-refractivity contribution in [2.75, 3.05) is 7.11 Å². The van der Waals surface area contributed by atoms with E-state index in [1.165, 1.54) is 5.56 Å². The maximum Gasteiger partial charge on any atom is 0.243 e. The van der Waals surface area contributed by atoms with Gasteiger partial charge in [0.2, 0.25) is 11.8 Å². The number of methoxy groups -OCH3 is 1. The second kappa shape index (κ2) is 11.4. The van der Waals surface area contributed by atoms with Gasteiger partial charge in [-0.05, 0) is 56.9 Å². The van der Waals surface area contributed by atoms with Gasteiger partial charge in [-0.25, -0.2) is 0 Å². The van der Waals surface area contributed by atoms with Crippen LogP contribution in [0.15, 0.2) is 48.5 Å². The molecule has 0 spiro atoms. The van der Waals surface area contributed by atoms with Crippen LogP contribution >= 0.6 is 0 Å². The van der Waals surface area contributed by atoms with E-state index >= 15 is 0 Å². The fourth-order valence-electron chi connectivity index (χ4n) is 3.38. The Balaban J connectivity index is 2.19. The lowest BCUT2D eigenvalue weighted by Crippen LogP contribution is -2.50. The van der Waals surface area contributed by atoms with Crippen molar-refractivity contribution < 1.29 is 14.3 Å². The summed E-state index contributed by atoms with van der Waals surface area (Å²) in [5.41, 5.74) is 3.29. The molecule has 5 nitrogen and oxygen atoms in total. The Labute approximate surface area is 180 Å². The normalized spacial score (nSPS) is 11.8. The molecule has 0 saturated heterocycles. The number of hydrogen-bond acceptors (Lipinski definition) is 3. The summed E-state index contributed by atoms with van der Waals surface area (Å²) >= 11 is 0. The molecule has 0 aliphatic heterocycles. The van der Waals surface area contributed by atoms with E-state index in [9.17, 15) is 9.59 Å². The largest absolute Gasteiger partial charge is 0.497 e. The number of amides is 2. The second-order valence-corrected chi connectivity index (χ2v) is 7.94. The van der Waals surface area contributed by atoms with Crippen LogP contribution in [-0.4, -0.2) is 35.9 Å². The Hall–Kier alpha value is -2.82. The van der Waals surface area contributed by atoms with Gasteiger partial charge in [0.15, 0.2) is 0 Å². The van der Waals surface area contributed by atoms with Gasteiger partial charge in [0.25, 0.3) is 0 Å². The van der Waals surface area contributed by atoms with Gasteiger partial charge >= 0.3 is 0 Å². The third-order valence-electron chi connectivity index (χ3n) is 5.08. The van der Waals surface area contributed by atoms with Crippen molar-refractivity contribution in [3.63, 3.8) is 0 Å². The zero-order valence-electron chi connectivity index (χ0n) is 18.8. The van der Waals surface area contributed by atoms with E-state index in [-0.39, 0.29) is 17.9 Å². The number of benzene rings is 2. The fourth-order valence-corrected chi connectivity index (χ4v) is 3.38. The molecule has 0 unspecified atom stereocenters. The first kappa shape index (κ1) is 23.5. The first-order valence-corrected chi connectivity index (χ1v) is 10.6. The topological polar surface area (TPSA) is 58.6 Å². The van der Waals surface area contributed by atoms with E-state index < -0.39 is 6.04 Å². The first-order chi connectivity index (χ1) is 14.3. The van der Waals surface area contributed by atoms with Crippen molar-refractivity contribution in [1.82, 2.24) is 10.2 Å². The lowest BCUT2D eigenvalue weighted by Gasteiger charge is -2.31. The number of hydrogen-bond donors (Lipinski definition) is 1. The third-order valence-corrected chi connectivity index (χ3v) is 5.08. The second-order valence-electron chi connectivity index (χ2n) is 7.94. The Morgan fingerprint density at radius 3 is 2.13 bits per heavy atom. The molecule has 30 heavy (non-hydrogen) atoms. The molecule has 2 aromatic carbocycles. The third kappa shape index (κ3) is 6.90. The molecule has 1 N–H and O–H groups in total. The van der Waals surface area contributed by atoms with Crippen LogP contribution in [0.4, 0.5) is 0 Å². The van der Waals surface area contributed by atoms with Crippen LogP contribution in [0.1, 0.15) is 50.3 Å². The molecule has 0 aliphatic carbocycles. The number of carbonyl (C=O) groups is 2. The van der Waals surface area contributed by atoms with Gasteiger partial charge in [-0.2, -0.15) is 0 Å². The molecule has 162 valence electrons. The van der Waals surface area contributed by atoms with Crippen LogP contribution in [-0.2, 0) is 22.6 Å². The molecule has 2 aromatic rings. The van der Waals surface area contributed by atoms with Crippen molar-refractivity contribution >= 4 is 11.8 Å². The lowest BCUT2D eigenvalue weighted by atomic mass is 10.0. The van der Waals surface area contributed by atoms with E-state index in [0.29, 0.717) is 25.8 Å². The molecule has 2 rings (SSSR count). The average Bonchev–Trinajstić information content (AvgIpc) is 2.73. The van der Waals surface area contributed by atoms with E-state index in [4.69, 9.17) is 4.74 Å². The minimum absolute atomic E-state index is 0.0165. The maximum absolute atomic E-state index is 13.2. The molecule has 0 heterocycles. The quantitative estimate of drug-likeness (QED) is 0.636. The zero-order chi connectivity index (χ0) is 22.1. The monoisotopic (exact) mass is 410 g/mol. The summed E-state index contributed by atoms with van der Waals surface area (Å²) in [5.74, 6) is 0.641. The number of carbonyl (C=O) groups excluding carboxylic acids is 2. The summed E-state index contributed by atoms with van der Waals surface area (Å²) in [6.45, 7) is 8.24. The highest BCUT2D eigenvalue weighted by Gasteiger charge is 2.28. The number of rotatable bonds is 10. The van der Waals surface area contributed by atoms with Gasteiger partial charge < -0.3 is 15.0 Å². The molecule has 1 atom stereocenters. The van der Waals surface area contributed by atoms with Crippen LogP contribution in [0.2, 0.25) is 0 Å². The fraction of sp³-hybridized carbons (Fsp3) is 0.440. The minimum atomic E-state index is -0.500. The summed E-state index contributed by atoms with van der Waals surface area (Å²) in [6, 6.07) is 15.4. The summed E-state index contributed by atoms with van der Waals surface area (Å²) < 4.78 is 5.22. The van der Waals surface area contributed by atoms with Crippen LogP contribution in [0.3, 0.4) is 0 Å². The highest BCUT2D eigenvalue weighted by atomic mass is 16.5. The highest BCUT2D eigenvalue weighted by Crippen LogP contribution is 2.18. The highest BCUT2D eigenvalue weighted by molar-refractivity contribution is 5.87. The molecule has 0 aromatic heterocycles. The smallest absolute Gasteiger partial charge is 0.243 e.